The van der Waals surface area contributed by atoms with Crippen LogP contribution in [0.2, 0.25) is 5.02 Å². The molecule has 4 aromatic rings. The van der Waals surface area contributed by atoms with E-state index in [1.54, 1.807) is 49.1 Å². The second kappa shape index (κ2) is 15.6. The number of alkyl halides is 3. The van der Waals surface area contributed by atoms with E-state index in [9.17, 15) is 33.0 Å². The lowest BCUT2D eigenvalue weighted by atomic mass is 9.92. The fourth-order valence-corrected chi connectivity index (χ4v) is 7.15. The molecule has 0 spiro atoms. The Labute approximate surface area is 315 Å². The lowest BCUT2D eigenvalue weighted by molar-refractivity contribution is -0.274. The molecule has 0 saturated carbocycles. The molecule has 6 rings (SSSR count). The number of ether oxygens (including phenoxy) is 1. The number of anilines is 2. The second-order valence-electron chi connectivity index (χ2n) is 14.5. The van der Waals surface area contributed by atoms with Gasteiger partial charge in [0.25, 0.3) is 5.91 Å². The summed E-state index contributed by atoms with van der Waals surface area (Å²) in [5, 5.41) is 22.2. The van der Waals surface area contributed by atoms with E-state index < -0.39 is 23.4 Å². The number of hydrogen-bond acceptors (Lipinski definition) is 9. The third kappa shape index (κ3) is 8.49. The molecule has 2 atom stereocenters. The van der Waals surface area contributed by atoms with Crippen LogP contribution in [-0.2, 0) is 11.4 Å². The molecule has 16 heteroatoms. The number of pyridine rings is 1. The molecule has 2 aromatic heterocycles. The molecule has 4 N–H and O–H groups in total. The molecule has 2 amide bonds. The number of benzene rings is 2. The Morgan fingerprint density at radius 3 is 2.30 bits per heavy atom. The number of likely N-dealkylation sites (tertiary alicyclic amines) is 1. The Bertz CT molecular complexity index is 1980. The number of nitrogens with zero attached hydrogens (tertiary/aromatic N) is 5. The molecule has 2 aliphatic heterocycles. The summed E-state index contributed by atoms with van der Waals surface area (Å²) in [4.78, 5) is 44.2. The van der Waals surface area contributed by atoms with E-state index in [1.165, 1.54) is 18.3 Å². The van der Waals surface area contributed by atoms with Crippen molar-refractivity contribution in [2.75, 3.05) is 56.6 Å². The van der Waals surface area contributed by atoms with Gasteiger partial charge in [0.1, 0.15) is 17.4 Å². The maximum atomic E-state index is 13.6. The van der Waals surface area contributed by atoms with Gasteiger partial charge >= 0.3 is 6.36 Å². The maximum absolute atomic E-state index is 13.6. The second-order valence-corrected chi connectivity index (χ2v) is 14.9. The minimum atomic E-state index is -5.04. The summed E-state index contributed by atoms with van der Waals surface area (Å²) in [6.45, 7) is 7.86. The van der Waals surface area contributed by atoms with Crippen LogP contribution in [-0.4, -0.2) is 99.5 Å². The standard InChI is InChI=1S/C38H43ClF3N7O5/c1-22-15-30(47(4)19-22)34-44-29(20-50)33(46-34)24-7-5-23(6-8-24)26-16-27(39)28(17-31(26)54-38(40,41)42)45-35(52)25-9-10-32(43-18-25)48-11-13-49(14-12-48)36(53)37(2,3)21-51/h5-10,16-18,22,30,50-51H,11-15,19-21H2,1-4H3,(H,44,46)(H,45,52). The molecule has 54 heavy (non-hydrogen) atoms. The summed E-state index contributed by atoms with van der Waals surface area (Å²) < 4.78 is 45.3. The van der Waals surface area contributed by atoms with Crippen LogP contribution in [0.1, 0.15) is 55.1 Å². The number of carbonyl (C=O) groups is 2. The minimum absolute atomic E-state index is 0.0206. The van der Waals surface area contributed by atoms with Crippen molar-refractivity contribution in [3.05, 3.63) is 76.8 Å². The highest BCUT2D eigenvalue weighted by atomic mass is 35.5. The van der Waals surface area contributed by atoms with Crippen LogP contribution < -0.4 is 15.0 Å². The van der Waals surface area contributed by atoms with Gasteiger partial charge < -0.3 is 35.1 Å². The van der Waals surface area contributed by atoms with Crippen molar-refractivity contribution in [3.63, 3.8) is 0 Å². The van der Waals surface area contributed by atoms with Gasteiger partial charge in [0, 0.05) is 56.1 Å². The summed E-state index contributed by atoms with van der Waals surface area (Å²) in [6.07, 6.45) is -2.76. The van der Waals surface area contributed by atoms with Crippen LogP contribution in [0.4, 0.5) is 24.7 Å². The van der Waals surface area contributed by atoms with Gasteiger partial charge in [0.2, 0.25) is 5.91 Å². The quantitative estimate of drug-likeness (QED) is 0.150. The zero-order valence-electron chi connectivity index (χ0n) is 30.4. The molecule has 0 aliphatic carbocycles. The summed E-state index contributed by atoms with van der Waals surface area (Å²) >= 11 is 6.54. The summed E-state index contributed by atoms with van der Waals surface area (Å²) in [6, 6.07) is 12.2. The summed E-state index contributed by atoms with van der Waals surface area (Å²) in [5.74, 6) is 0.485. The number of nitrogens with one attached hydrogen (secondary N) is 2. The maximum Gasteiger partial charge on any atom is 0.573 e. The number of amides is 2. The molecule has 2 unspecified atom stereocenters. The van der Waals surface area contributed by atoms with Gasteiger partial charge in [-0.2, -0.15) is 0 Å². The van der Waals surface area contributed by atoms with Crippen molar-refractivity contribution in [2.45, 2.75) is 46.2 Å². The number of piperazine rings is 1. The Morgan fingerprint density at radius 1 is 1.04 bits per heavy atom. The predicted molar refractivity (Wildman–Crippen MR) is 198 cm³/mol. The number of imidazole rings is 1. The predicted octanol–water partition coefficient (Wildman–Crippen LogP) is 6.12. The van der Waals surface area contributed by atoms with E-state index in [1.807, 2.05) is 11.9 Å². The SMILES string of the molecule is CC1CC(c2nc(-c3ccc(-c4cc(Cl)c(NC(=O)c5ccc(N6CCN(C(=O)C(C)(C)CO)CC6)nc5)cc4OC(F)(F)F)cc3)c(CO)[nH]2)N(C)C1. The Morgan fingerprint density at radius 2 is 1.72 bits per heavy atom. The van der Waals surface area contributed by atoms with E-state index in [-0.39, 0.29) is 47.0 Å². The molecular formula is C38H43ClF3N7O5. The number of carbonyl (C=O) groups excluding carboxylic acids is 2. The van der Waals surface area contributed by atoms with Crippen LogP contribution in [0.3, 0.4) is 0 Å². The van der Waals surface area contributed by atoms with Crippen molar-refractivity contribution < 1.29 is 37.7 Å². The molecule has 2 fully saturated rings. The third-order valence-electron chi connectivity index (χ3n) is 9.92. The smallest absolute Gasteiger partial charge is 0.405 e. The number of H-pyrrole nitrogens is 1. The van der Waals surface area contributed by atoms with E-state index in [0.717, 1.165) is 24.9 Å². The number of aromatic nitrogens is 3. The topological polar surface area (TPSA) is 147 Å². The highest BCUT2D eigenvalue weighted by Crippen LogP contribution is 2.41. The lowest BCUT2D eigenvalue weighted by Gasteiger charge is -2.38. The van der Waals surface area contributed by atoms with Crippen LogP contribution in [0, 0.1) is 11.3 Å². The fraction of sp³-hybridized carbons (Fsp3) is 0.421. The zero-order chi connectivity index (χ0) is 38.9. The number of rotatable bonds is 10. The van der Waals surface area contributed by atoms with Crippen LogP contribution in [0.15, 0.2) is 54.7 Å². The number of aliphatic hydroxyl groups is 2. The van der Waals surface area contributed by atoms with Gasteiger partial charge in [-0.15, -0.1) is 13.2 Å². The van der Waals surface area contributed by atoms with E-state index in [0.29, 0.717) is 60.4 Å². The van der Waals surface area contributed by atoms with Gasteiger partial charge in [-0.3, -0.25) is 14.5 Å². The molecular weight excluding hydrogens is 727 g/mol. The lowest BCUT2D eigenvalue weighted by Crippen LogP contribution is -2.53. The fourth-order valence-electron chi connectivity index (χ4n) is 6.94. The summed E-state index contributed by atoms with van der Waals surface area (Å²) in [7, 11) is 2.03. The first-order valence-electron chi connectivity index (χ1n) is 17.6. The zero-order valence-corrected chi connectivity index (χ0v) is 31.1. The van der Waals surface area contributed by atoms with Gasteiger partial charge in [-0.25, -0.2) is 9.97 Å². The van der Waals surface area contributed by atoms with E-state index in [2.05, 4.69) is 31.8 Å². The normalized spacial score (nSPS) is 18.3. The molecule has 2 aromatic carbocycles. The van der Waals surface area contributed by atoms with Gasteiger partial charge in [0.15, 0.2) is 0 Å². The van der Waals surface area contributed by atoms with E-state index in [4.69, 9.17) is 16.6 Å². The van der Waals surface area contributed by atoms with Gasteiger partial charge in [-0.1, -0.05) is 42.8 Å². The van der Waals surface area contributed by atoms with Crippen molar-refractivity contribution in [1.29, 1.82) is 0 Å². The number of halogens is 4. The average Bonchev–Trinajstić information content (AvgIpc) is 3.73. The van der Waals surface area contributed by atoms with Crippen molar-refractivity contribution >= 4 is 34.9 Å². The number of hydrogen-bond donors (Lipinski definition) is 4. The number of aromatic amines is 1. The Kier molecular flexibility index (Phi) is 11.2. The molecule has 0 radical (unpaired) electrons. The third-order valence-corrected chi connectivity index (χ3v) is 10.2. The van der Waals surface area contributed by atoms with Crippen molar-refractivity contribution in [3.8, 4) is 28.1 Å². The minimum Gasteiger partial charge on any atom is -0.405 e. The summed E-state index contributed by atoms with van der Waals surface area (Å²) in [5.41, 5.74) is 1.33. The molecule has 2 saturated heterocycles. The first-order chi connectivity index (χ1) is 25.6. The van der Waals surface area contributed by atoms with Crippen LogP contribution in [0.25, 0.3) is 22.4 Å². The Hall–Kier alpha value is -4.70. The molecule has 12 nitrogen and oxygen atoms in total. The first kappa shape index (κ1) is 39.0. The highest BCUT2D eigenvalue weighted by molar-refractivity contribution is 6.34. The van der Waals surface area contributed by atoms with Crippen molar-refractivity contribution in [2.24, 2.45) is 11.3 Å². The Balaban J connectivity index is 1.17. The van der Waals surface area contributed by atoms with E-state index >= 15 is 0 Å². The number of aliphatic hydroxyl groups excluding tert-OH is 2. The molecule has 0 bridgehead atoms. The molecule has 288 valence electrons. The van der Waals surface area contributed by atoms with Gasteiger partial charge in [-0.05, 0) is 57.0 Å². The molecule has 2 aliphatic rings. The molecule has 4 heterocycles. The first-order valence-corrected chi connectivity index (χ1v) is 18.0. The van der Waals surface area contributed by atoms with Crippen LogP contribution in [0.5, 0.6) is 5.75 Å². The highest BCUT2D eigenvalue weighted by Gasteiger charge is 2.35. The average molecular weight is 770 g/mol. The van der Waals surface area contributed by atoms with Crippen LogP contribution >= 0.6 is 11.6 Å². The monoisotopic (exact) mass is 769 g/mol. The van der Waals surface area contributed by atoms with Crippen molar-refractivity contribution in [1.82, 2.24) is 24.8 Å². The largest absolute Gasteiger partial charge is 0.573 e. The van der Waals surface area contributed by atoms with Gasteiger partial charge in [0.05, 0.1) is 52.3 Å².